The van der Waals surface area contributed by atoms with Gasteiger partial charge in [0.05, 0.1) is 11.6 Å². The lowest BCUT2D eigenvalue weighted by molar-refractivity contribution is 0.307. The molecule has 1 aromatic carbocycles. The maximum Gasteiger partial charge on any atom is 0.184 e. The first kappa shape index (κ1) is 22.8. The van der Waals surface area contributed by atoms with Gasteiger partial charge in [0.2, 0.25) is 0 Å². The van der Waals surface area contributed by atoms with E-state index < -0.39 is 5.82 Å². The molecule has 0 fully saturated rings. The van der Waals surface area contributed by atoms with Gasteiger partial charge in [-0.1, -0.05) is 11.6 Å². The molecule has 0 amide bonds. The molecule has 0 spiro atoms. The molecule has 2 aromatic heterocycles. The second kappa shape index (κ2) is 9.94. The van der Waals surface area contributed by atoms with Crippen molar-refractivity contribution in [2.75, 3.05) is 20.2 Å². The molecule has 0 saturated carbocycles. The number of allylic oxidation sites excluding steroid dienone is 1. The maximum absolute atomic E-state index is 15.0. The van der Waals surface area contributed by atoms with Crippen LogP contribution in [0.2, 0.25) is 5.02 Å². The van der Waals surface area contributed by atoms with Crippen LogP contribution in [0.3, 0.4) is 0 Å². The van der Waals surface area contributed by atoms with Gasteiger partial charge >= 0.3 is 0 Å². The Bertz CT molecular complexity index is 1140. The van der Waals surface area contributed by atoms with Crippen molar-refractivity contribution in [2.45, 2.75) is 26.7 Å². The minimum Gasteiger partial charge on any atom is -0.489 e. The summed E-state index contributed by atoms with van der Waals surface area (Å²) >= 11 is 6.04. The zero-order chi connectivity index (χ0) is 22.5. The molecular formula is C23H27ClFN5O. The number of ether oxygens (including phenoxy) is 1. The van der Waals surface area contributed by atoms with Crippen LogP contribution in [0.25, 0.3) is 16.8 Å². The number of rotatable bonds is 9. The van der Waals surface area contributed by atoms with E-state index in [0.717, 1.165) is 28.2 Å². The number of nitrogens with two attached hydrogens (primary N) is 1. The number of hydrogen-bond donors (Lipinski definition) is 3. The molecule has 0 aliphatic rings. The summed E-state index contributed by atoms with van der Waals surface area (Å²) in [5, 5.41) is 11.0. The van der Waals surface area contributed by atoms with Gasteiger partial charge in [-0.2, -0.15) is 0 Å². The third kappa shape index (κ3) is 4.89. The smallest absolute Gasteiger partial charge is 0.184 e. The average Bonchev–Trinajstić information content (AvgIpc) is 3.15. The number of hydrogen-bond acceptors (Lipinski definition) is 5. The number of imidazole rings is 1. The predicted octanol–water partition coefficient (Wildman–Crippen LogP) is 4.60. The number of halogens is 2. The minimum atomic E-state index is -0.602. The molecule has 0 atom stereocenters. The molecule has 0 aliphatic carbocycles. The van der Waals surface area contributed by atoms with Crippen molar-refractivity contribution < 1.29 is 9.13 Å². The van der Waals surface area contributed by atoms with Gasteiger partial charge in [0.15, 0.2) is 11.6 Å². The summed E-state index contributed by atoms with van der Waals surface area (Å²) in [6.45, 7) is 4.34. The third-order valence-corrected chi connectivity index (χ3v) is 5.51. The van der Waals surface area contributed by atoms with Gasteiger partial charge in [-0.25, -0.2) is 9.37 Å². The fourth-order valence-corrected chi connectivity index (χ4v) is 3.63. The van der Waals surface area contributed by atoms with Crippen molar-refractivity contribution in [1.29, 1.82) is 5.41 Å². The Balaban J connectivity index is 1.96. The lowest BCUT2D eigenvalue weighted by Gasteiger charge is -2.16. The Morgan fingerprint density at radius 3 is 2.74 bits per heavy atom. The van der Waals surface area contributed by atoms with Crippen molar-refractivity contribution in [1.82, 2.24) is 14.7 Å². The molecule has 0 bridgehead atoms. The molecule has 8 heteroatoms. The highest BCUT2D eigenvalue weighted by Crippen LogP contribution is 2.36. The van der Waals surface area contributed by atoms with Crippen LogP contribution in [0, 0.1) is 11.2 Å². The number of nitrogens with zero attached hydrogens (tertiary/aromatic N) is 2. The Labute approximate surface area is 186 Å². The van der Waals surface area contributed by atoms with Gasteiger partial charge in [0.1, 0.15) is 5.65 Å². The van der Waals surface area contributed by atoms with Crippen molar-refractivity contribution in [2.24, 2.45) is 5.73 Å². The highest BCUT2D eigenvalue weighted by molar-refractivity contribution is 6.31. The molecule has 6 nitrogen and oxygen atoms in total. The molecule has 0 saturated heterocycles. The molecule has 164 valence electrons. The fourth-order valence-electron chi connectivity index (χ4n) is 3.49. The summed E-state index contributed by atoms with van der Waals surface area (Å²) in [7, 11) is 1.80. The van der Waals surface area contributed by atoms with E-state index in [1.807, 2.05) is 29.7 Å². The Kier molecular flexibility index (Phi) is 7.30. The predicted molar refractivity (Wildman–Crippen MR) is 124 cm³/mol. The number of benzene rings is 1. The number of pyridine rings is 1. The molecular weight excluding hydrogens is 417 g/mol. The SMILES string of the molecule is CN/C(C)=C(/CCOc1c(-c2ccc3ncc(CCN)n3c2)ccc(Cl)c1F)C(C)=N. The Morgan fingerprint density at radius 1 is 1.29 bits per heavy atom. The van der Waals surface area contributed by atoms with Gasteiger partial charge in [-0.05, 0) is 50.2 Å². The van der Waals surface area contributed by atoms with E-state index in [0.29, 0.717) is 30.7 Å². The lowest BCUT2D eigenvalue weighted by atomic mass is 10.1. The fraction of sp³-hybridized carbons (Fsp3) is 0.304. The standard InChI is InChI=1S/C23H27ClFN5O/c1-14(27)18(15(2)28-3)9-11-31-23-19(5-6-20(24)22(23)25)16-4-7-21-29-12-17(8-10-26)30(21)13-16/h4-7,12-13,27-28H,8-11,26H2,1-3H3/b18-15-,27-14?. The zero-order valence-corrected chi connectivity index (χ0v) is 18.7. The molecule has 2 heterocycles. The molecule has 0 radical (unpaired) electrons. The van der Waals surface area contributed by atoms with E-state index >= 15 is 0 Å². The number of nitrogens with one attached hydrogen (secondary N) is 2. The van der Waals surface area contributed by atoms with E-state index in [4.69, 9.17) is 27.5 Å². The first-order chi connectivity index (χ1) is 14.9. The van der Waals surface area contributed by atoms with E-state index in [9.17, 15) is 4.39 Å². The van der Waals surface area contributed by atoms with Gasteiger partial charge in [0.25, 0.3) is 0 Å². The van der Waals surface area contributed by atoms with E-state index in [-0.39, 0.29) is 17.4 Å². The summed E-state index contributed by atoms with van der Waals surface area (Å²) in [5.41, 5.74) is 11.0. The van der Waals surface area contributed by atoms with Crippen LogP contribution in [-0.2, 0) is 6.42 Å². The third-order valence-electron chi connectivity index (χ3n) is 5.22. The highest BCUT2D eigenvalue weighted by Gasteiger charge is 2.17. The van der Waals surface area contributed by atoms with Crippen molar-refractivity contribution in [3.63, 3.8) is 0 Å². The van der Waals surface area contributed by atoms with Gasteiger partial charge in [-0.3, -0.25) is 0 Å². The summed E-state index contributed by atoms with van der Waals surface area (Å²) in [6.07, 6.45) is 4.85. The summed E-state index contributed by atoms with van der Waals surface area (Å²) in [5.74, 6) is -0.508. The van der Waals surface area contributed by atoms with Crippen LogP contribution >= 0.6 is 11.6 Å². The molecule has 31 heavy (non-hydrogen) atoms. The molecule has 3 aromatic rings. The normalized spacial score (nSPS) is 12.1. The molecule has 0 aliphatic heterocycles. The van der Waals surface area contributed by atoms with Crippen LogP contribution < -0.4 is 15.8 Å². The van der Waals surface area contributed by atoms with Crippen molar-refractivity contribution >= 4 is 23.0 Å². The Hall–Kier alpha value is -2.90. The average molecular weight is 444 g/mol. The topological polar surface area (TPSA) is 88.4 Å². The van der Waals surface area contributed by atoms with Crippen molar-refractivity contribution in [3.05, 3.63) is 64.5 Å². The second-order valence-electron chi connectivity index (χ2n) is 7.25. The van der Waals surface area contributed by atoms with E-state index in [2.05, 4.69) is 10.3 Å². The molecule has 3 rings (SSSR count). The molecule has 0 unspecified atom stereocenters. The van der Waals surface area contributed by atoms with Crippen molar-refractivity contribution in [3.8, 4) is 16.9 Å². The molecule has 4 N–H and O–H groups in total. The first-order valence-electron chi connectivity index (χ1n) is 10.1. The van der Waals surface area contributed by atoms with E-state index in [1.54, 1.807) is 26.2 Å². The number of aromatic nitrogens is 2. The van der Waals surface area contributed by atoms with Gasteiger partial charge in [-0.15, -0.1) is 0 Å². The zero-order valence-electron chi connectivity index (χ0n) is 17.9. The van der Waals surface area contributed by atoms with Crippen LogP contribution in [0.15, 0.2) is 47.9 Å². The monoisotopic (exact) mass is 443 g/mol. The van der Waals surface area contributed by atoms with E-state index in [1.165, 1.54) is 6.07 Å². The first-order valence-corrected chi connectivity index (χ1v) is 10.5. The van der Waals surface area contributed by atoms with Crippen LogP contribution in [0.4, 0.5) is 4.39 Å². The summed E-state index contributed by atoms with van der Waals surface area (Å²) in [4.78, 5) is 4.39. The van der Waals surface area contributed by atoms with Gasteiger partial charge < -0.3 is 25.6 Å². The maximum atomic E-state index is 15.0. The van der Waals surface area contributed by atoms with Crippen LogP contribution in [0.5, 0.6) is 5.75 Å². The number of fused-ring (bicyclic) bond motifs is 1. The summed E-state index contributed by atoms with van der Waals surface area (Å²) in [6, 6.07) is 7.03. The second-order valence-corrected chi connectivity index (χ2v) is 7.66. The summed E-state index contributed by atoms with van der Waals surface area (Å²) < 4.78 is 22.8. The Morgan fingerprint density at radius 2 is 2.06 bits per heavy atom. The highest BCUT2D eigenvalue weighted by atomic mass is 35.5. The van der Waals surface area contributed by atoms with Crippen LogP contribution in [0.1, 0.15) is 26.0 Å². The quantitative estimate of drug-likeness (QED) is 0.422. The lowest BCUT2D eigenvalue weighted by Crippen LogP contribution is -2.13. The largest absolute Gasteiger partial charge is 0.489 e. The van der Waals surface area contributed by atoms with Crippen LogP contribution in [-0.4, -0.2) is 35.3 Å². The van der Waals surface area contributed by atoms with Gasteiger partial charge in [0, 0.05) is 60.5 Å². The minimum absolute atomic E-state index is 0.00307.